The summed E-state index contributed by atoms with van der Waals surface area (Å²) in [5, 5.41) is 19.3. The van der Waals surface area contributed by atoms with Gasteiger partial charge in [0, 0.05) is 31.0 Å². The molecule has 5 rings (SSSR count). The molecule has 7 heteroatoms. The molecule has 2 N–H and O–H groups in total. The summed E-state index contributed by atoms with van der Waals surface area (Å²) in [6.45, 7) is 2.01. The molecule has 7 nitrogen and oxygen atoms in total. The Morgan fingerprint density at radius 1 is 1.11 bits per heavy atom. The monoisotopic (exact) mass is 371 g/mol. The fourth-order valence-corrected chi connectivity index (χ4v) is 4.31. The van der Waals surface area contributed by atoms with E-state index in [1.165, 1.54) is 0 Å². The van der Waals surface area contributed by atoms with Crippen molar-refractivity contribution in [2.24, 2.45) is 0 Å². The lowest BCUT2D eigenvalue weighted by atomic mass is 9.94. The van der Waals surface area contributed by atoms with Gasteiger partial charge in [0.25, 0.3) is 0 Å². The van der Waals surface area contributed by atoms with Gasteiger partial charge in [-0.25, -0.2) is 0 Å². The van der Waals surface area contributed by atoms with Crippen molar-refractivity contribution in [1.82, 2.24) is 15.1 Å². The molecule has 3 aliphatic rings. The third-order valence-corrected chi connectivity index (χ3v) is 5.79. The van der Waals surface area contributed by atoms with Crippen LogP contribution in [0, 0.1) is 0 Å². The molecule has 1 aromatic heterocycles. The molecule has 3 aliphatic heterocycles. The molecule has 0 saturated carbocycles. The van der Waals surface area contributed by atoms with Gasteiger partial charge in [-0.15, -0.1) is 0 Å². The zero-order chi connectivity index (χ0) is 18.2. The molecule has 0 radical (unpaired) electrons. The number of aromatic nitrogens is 2. The van der Waals surface area contributed by atoms with E-state index in [0.717, 1.165) is 37.2 Å². The van der Waals surface area contributed by atoms with Crippen LogP contribution in [0.15, 0.2) is 42.7 Å². The quantitative estimate of drug-likeness (QED) is 0.845. The van der Waals surface area contributed by atoms with Crippen LogP contribution < -0.4 is 5.32 Å². The highest BCUT2D eigenvalue weighted by atomic mass is 16.7. The lowest BCUT2D eigenvalue weighted by molar-refractivity contribution is -0.169. The lowest BCUT2D eigenvalue weighted by Crippen LogP contribution is -2.60. The zero-order valence-corrected chi connectivity index (χ0v) is 15.1. The normalized spacial score (nSPS) is 34.0. The first-order valence-corrected chi connectivity index (χ1v) is 9.68. The second-order valence-electron chi connectivity index (χ2n) is 7.51. The van der Waals surface area contributed by atoms with E-state index in [2.05, 4.69) is 10.4 Å². The molecule has 4 heterocycles. The number of hydrogen-bond acceptors (Lipinski definition) is 6. The van der Waals surface area contributed by atoms with Gasteiger partial charge in [0.15, 0.2) is 6.29 Å². The summed E-state index contributed by atoms with van der Waals surface area (Å²) >= 11 is 0. The van der Waals surface area contributed by atoms with Gasteiger partial charge >= 0.3 is 0 Å². The van der Waals surface area contributed by atoms with Crippen molar-refractivity contribution in [3.05, 3.63) is 42.7 Å². The summed E-state index contributed by atoms with van der Waals surface area (Å²) in [6, 6.07) is 9.87. The van der Waals surface area contributed by atoms with Crippen LogP contribution >= 0.6 is 0 Å². The van der Waals surface area contributed by atoms with Crippen LogP contribution in [0.25, 0.3) is 11.1 Å². The highest BCUT2D eigenvalue weighted by Crippen LogP contribution is 2.36. The molecule has 0 spiro atoms. The summed E-state index contributed by atoms with van der Waals surface area (Å²) in [4.78, 5) is 0. The average Bonchev–Trinajstić information content (AvgIpc) is 3.36. The molecular formula is C20H25N3O4. The molecule has 1 aromatic carbocycles. The zero-order valence-electron chi connectivity index (χ0n) is 15.1. The standard InChI is InChI=1S/C20H25N3O4/c24-19-17(22-15-6-8-25-9-7-15)16-12-26-20(27-16)18(19)23-11-14(10-21-23)13-4-2-1-3-5-13/h1-5,10-11,15-20,22,24H,6-9,12H2. The van der Waals surface area contributed by atoms with E-state index in [4.69, 9.17) is 14.2 Å². The molecular weight excluding hydrogens is 346 g/mol. The smallest absolute Gasteiger partial charge is 0.183 e. The van der Waals surface area contributed by atoms with E-state index in [1.807, 2.05) is 42.7 Å². The Bertz CT molecular complexity index is 762. The number of rotatable bonds is 4. The molecule has 27 heavy (non-hydrogen) atoms. The molecule has 144 valence electrons. The average molecular weight is 371 g/mol. The fraction of sp³-hybridized carbons (Fsp3) is 0.550. The molecule has 0 aliphatic carbocycles. The Balaban J connectivity index is 1.38. The molecule has 5 atom stereocenters. The van der Waals surface area contributed by atoms with Crippen molar-refractivity contribution in [3.63, 3.8) is 0 Å². The topological polar surface area (TPSA) is 77.8 Å². The van der Waals surface area contributed by atoms with Crippen molar-refractivity contribution in [2.75, 3.05) is 19.8 Å². The van der Waals surface area contributed by atoms with Crippen molar-refractivity contribution in [3.8, 4) is 11.1 Å². The van der Waals surface area contributed by atoms with Crippen molar-refractivity contribution in [2.45, 2.75) is 49.5 Å². The van der Waals surface area contributed by atoms with E-state index in [-0.39, 0.29) is 18.2 Å². The minimum atomic E-state index is -0.636. The van der Waals surface area contributed by atoms with Crippen molar-refractivity contribution >= 4 is 0 Å². The van der Waals surface area contributed by atoms with Gasteiger partial charge in [0.05, 0.1) is 24.9 Å². The Kier molecular flexibility index (Phi) is 4.71. The number of hydrogen-bond donors (Lipinski definition) is 2. The minimum Gasteiger partial charge on any atom is -0.389 e. The largest absolute Gasteiger partial charge is 0.389 e. The van der Waals surface area contributed by atoms with Crippen molar-refractivity contribution in [1.29, 1.82) is 0 Å². The maximum Gasteiger partial charge on any atom is 0.183 e. The first-order valence-electron chi connectivity index (χ1n) is 9.68. The third kappa shape index (κ3) is 3.30. The maximum atomic E-state index is 11.2. The first-order chi connectivity index (χ1) is 13.3. The van der Waals surface area contributed by atoms with Gasteiger partial charge in [-0.2, -0.15) is 5.10 Å². The Morgan fingerprint density at radius 3 is 2.74 bits per heavy atom. The van der Waals surface area contributed by atoms with E-state index in [1.54, 1.807) is 4.68 Å². The van der Waals surface area contributed by atoms with Gasteiger partial charge in [-0.1, -0.05) is 30.3 Å². The second-order valence-corrected chi connectivity index (χ2v) is 7.51. The lowest BCUT2D eigenvalue weighted by Gasteiger charge is -2.40. The van der Waals surface area contributed by atoms with E-state index in [0.29, 0.717) is 12.6 Å². The van der Waals surface area contributed by atoms with Crippen LogP contribution in [-0.4, -0.2) is 65.3 Å². The summed E-state index contributed by atoms with van der Waals surface area (Å²) in [6.07, 6.45) is 4.44. The van der Waals surface area contributed by atoms with E-state index in [9.17, 15) is 5.11 Å². The van der Waals surface area contributed by atoms with Gasteiger partial charge < -0.3 is 24.6 Å². The summed E-state index contributed by atoms with van der Waals surface area (Å²) in [5.41, 5.74) is 2.11. The summed E-state index contributed by atoms with van der Waals surface area (Å²) < 4.78 is 19.1. The molecule has 0 amide bonds. The Labute approximate surface area is 158 Å². The van der Waals surface area contributed by atoms with Crippen LogP contribution in [0.4, 0.5) is 0 Å². The maximum absolute atomic E-state index is 11.2. The van der Waals surface area contributed by atoms with Crippen LogP contribution in [0.3, 0.4) is 0 Å². The predicted octanol–water partition coefficient (Wildman–Crippen LogP) is 1.34. The van der Waals surface area contributed by atoms with Crippen LogP contribution in [0.5, 0.6) is 0 Å². The number of aliphatic hydroxyl groups excluding tert-OH is 1. The number of nitrogens with zero attached hydrogens (tertiary/aromatic N) is 2. The van der Waals surface area contributed by atoms with E-state index < -0.39 is 12.4 Å². The van der Waals surface area contributed by atoms with Crippen LogP contribution in [0.2, 0.25) is 0 Å². The van der Waals surface area contributed by atoms with Crippen LogP contribution in [-0.2, 0) is 14.2 Å². The van der Waals surface area contributed by atoms with Gasteiger partial charge in [-0.05, 0) is 18.4 Å². The first kappa shape index (κ1) is 17.3. The fourth-order valence-electron chi connectivity index (χ4n) is 4.31. The number of aliphatic hydroxyl groups is 1. The number of fused-ring (bicyclic) bond motifs is 2. The molecule has 3 saturated heterocycles. The highest BCUT2D eigenvalue weighted by molar-refractivity contribution is 5.61. The van der Waals surface area contributed by atoms with Gasteiger partial charge in [-0.3, -0.25) is 4.68 Å². The summed E-state index contributed by atoms with van der Waals surface area (Å²) in [5.74, 6) is 0. The predicted molar refractivity (Wildman–Crippen MR) is 98.1 cm³/mol. The minimum absolute atomic E-state index is 0.131. The Morgan fingerprint density at radius 2 is 1.93 bits per heavy atom. The molecule has 5 unspecified atom stereocenters. The van der Waals surface area contributed by atoms with Crippen molar-refractivity contribution < 1.29 is 19.3 Å². The SMILES string of the molecule is OC1C(NC2CCOCC2)C2COC(O2)C1n1cc(-c2ccccc2)cn1. The summed E-state index contributed by atoms with van der Waals surface area (Å²) in [7, 11) is 0. The van der Waals surface area contributed by atoms with E-state index >= 15 is 0 Å². The number of ether oxygens (including phenoxy) is 3. The van der Waals surface area contributed by atoms with Gasteiger partial charge in [0.2, 0.25) is 0 Å². The number of nitrogens with one attached hydrogen (secondary N) is 1. The second kappa shape index (κ2) is 7.33. The van der Waals surface area contributed by atoms with Gasteiger partial charge in [0.1, 0.15) is 12.1 Å². The molecule has 2 bridgehead atoms. The number of benzene rings is 1. The van der Waals surface area contributed by atoms with Crippen LogP contribution in [0.1, 0.15) is 18.9 Å². The Hall–Kier alpha value is -1.77. The molecule has 2 aromatic rings. The highest BCUT2D eigenvalue weighted by Gasteiger charge is 2.51. The third-order valence-electron chi connectivity index (χ3n) is 5.79. The molecule has 3 fully saturated rings.